The lowest BCUT2D eigenvalue weighted by Gasteiger charge is -2.11. The molecule has 0 N–H and O–H groups in total. The zero-order chi connectivity index (χ0) is 60.9. The summed E-state index contributed by atoms with van der Waals surface area (Å²) in [5, 5.41) is 8.79. The summed E-state index contributed by atoms with van der Waals surface area (Å²) in [6.45, 7) is 0. The van der Waals surface area contributed by atoms with Crippen molar-refractivity contribution in [2.24, 2.45) is 0 Å². The number of hydrogen-bond donors (Lipinski definition) is 0. The number of benzene rings is 8. The van der Waals surface area contributed by atoms with Gasteiger partial charge in [0.05, 0.1) is 66.9 Å². The van der Waals surface area contributed by atoms with Crippen molar-refractivity contribution < 1.29 is 0 Å². The fraction of sp³-hybridized carbons (Fsp3) is 0. The Morgan fingerprint density at radius 2 is 0.522 bits per heavy atom. The predicted molar refractivity (Wildman–Crippen MR) is 374 cm³/mol. The number of aromatic nitrogens is 10. The summed E-state index contributed by atoms with van der Waals surface area (Å²) in [4.78, 5) is 46.5. The molecule has 0 radical (unpaired) electrons. The van der Waals surface area contributed by atoms with Crippen LogP contribution in [0.25, 0.3) is 177 Å². The molecule has 10 aromatic heterocycles. The maximum absolute atomic E-state index is 5.03. The minimum Gasteiger partial charge on any atom is -0.265 e. The van der Waals surface area contributed by atoms with Gasteiger partial charge in [0.1, 0.15) is 0 Å². The molecule has 0 saturated heterocycles. The van der Waals surface area contributed by atoms with Gasteiger partial charge in [0.15, 0.2) is 0 Å². The standard InChI is InChI=1S/2C41H25N5/c1-3-33-25-35(34-4-2-20-44-41(34)40(33)43-19-1)26-5-7-27(8-6-26)36-15-11-31-23-29(9-13-38(31)45-36)30-10-14-39-32(24-30)12-16-37(46-39)28-17-21-42-22-18-28;1-2-29-7-12-35-34(19-23-44-41(35)40(29)43-20-1)26-3-5-27(6-4-26)36-15-10-32-24-30(8-13-38(32)45-36)31-9-14-39-33(25-31)11-16-37(46-39)28-17-21-42-22-18-28/h2*1-25H. The second-order valence-electron chi connectivity index (χ2n) is 22.8. The predicted octanol–water partition coefficient (Wildman–Crippen LogP) is 19.9. The molecule has 0 fully saturated rings. The fourth-order valence-electron chi connectivity index (χ4n) is 12.6. The SMILES string of the molecule is c1cnc2c(c1)cc(-c1ccc(-c3ccc4cc(-c5ccc6nc(-c7ccncc7)ccc6c5)ccc4n3)cc1)c1cccnc12.c1cnc2c(c1)ccc1c(-c3ccc(-c4ccc5cc(-c6ccc7nc(-c8ccncc8)ccc7c6)ccc5n4)cc3)ccnc12. The molecule has 10 heteroatoms. The minimum absolute atomic E-state index is 0.922. The normalized spacial score (nSPS) is 11.5. The van der Waals surface area contributed by atoms with Crippen LogP contribution in [-0.4, -0.2) is 49.8 Å². The summed E-state index contributed by atoms with van der Waals surface area (Å²) in [6, 6.07) is 88.7. The van der Waals surface area contributed by atoms with Crippen LogP contribution >= 0.6 is 0 Å². The van der Waals surface area contributed by atoms with Crippen LogP contribution in [0, 0.1) is 0 Å². The van der Waals surface area contributed by atoms with E-state index in [-0.39, 0.29) is 0 Å². The molecule has 18 aromatic rings. The van der Waals surface area contributed by atoms with E-state index in [0.717, 1.165) is 177 Å². The average molecular weight is 1180 g/mol. The summed E-state index contributed by atoms with van der Waals surface area (Å²) in [7, 11) is 0. The maximum atomic E-state index is 5.03. The van der Waals surface area contributed by atoms with Crippen LogP contribution in [0.2, 0.25) is 0 Å². The topological polar surface area (TPSA) is 129 Å². The molecular formula is C82H50N10. The Kier molecular flexibility index (Phi) is 13.3. The first-order valence-electron chi connectivity index (χ1n) is 30.5. The van der Waals surface area contributed by atoms with Gasteiger partial charge in [0.25, 0.3) is 0 Å². The largest absolute Gasteiger partial charge is 0.265 e. The van der Waals surface area contributed by atoms with E-state index >= 15 is 0 Å². The molecule has 10 heterocycles. The highest BCUT2D eigenvalue weighted by Crippen LogP contribution is 2.37. The zero-order valence-electron chi connectivity index (χ0n) is 49.3. The third kappa shape index (κ3) is 10.1. The molecule has 0 amide bonds. The Balaban J connectivity index is 0.000000141. The van der Waals surface area contributed by atoms with Crippen molar-refractivity contribution in [2.45, 2.75) is 0 Å². The molecule has 0 aliphatic heterocycles. The Morgan fingerprint density at radius 1 is 0.185 bits per heavy atom. The van der Waals surface area contributed by atoms with Crippen molar-refractivity contribution in [2.75, 3.05) is 0 Å². The molecule has 428 valence electrons. The smallest absolute Gasteiger partial charge is 0.0970 e. The Labute approximate surface area is 528 Å². The van der Waals surface area contributed by atoms with Crippen molar-refractivity contribution in [3.05, 3.63) is 304 Å². The Morgan fingerprint density at radius 3 is 0.978 bits per heavy atom. The van der Waals surface area contributed by atoms with Gasteiger partial charge in [0.2, 0.25) is 0 Å². The molecule has 0 saturated carbocycles. The first-order chi connectivity index (χ1) is 45.5. The van der Waals surface area contributed by atoms with Crippen molar-refractivity contribution in [1.82, 2.24) is 49.8 Å². The van der Waals surface area contributed by atoms with E-state index in [1.165, 1.54) is 0 Å². The number of rotatable bonds is 8. The molecule has 8 aromatic carbocycles. The lowest BCUT2D eigenvalue weighted by molar-refractivity contribution is 1.31. The van der Waals surface area contributed by atoms with Crippen LogP contribution in [0.1, 0.15) is 0 Å². The number of fused-ring (bicyclic) bond motifs is 10. The second kappa shape index (κ2) is 22.8. The molecule has 0 atom stereocenters. The number of nitrogens with zero attached hydrogens (tertiary/aromatic N) is 10. The first-order valence-corrected chi connectivity index (χ1v) is 30.5. The third-order valence-corrected chi connectivity index (χ3v) is 17.3. The van der Waals surface area contributed by atoms with E-state index in [2.05, 4.69) is 242 Å². The van der Waals surface area contributed by atoms with Crippen LogP contribution < -0.4 is 0 Å². The highest BCUT2D eigenvalue weighted by atomic mass is 14.8. The summed E-state index contributed by atoms with van der Waals surface area (Å²) in [6.07, 6.45) is 14.5. The van der Waals surface area contributed by atoms with E-state index in [0.29, 0.717) is 0 Å². The molecule has 18 rings (SSSR count). The van der Waals surface area contributed by atoms with Gasteiger partial charge in [-0.25, -0.2) is 19.9 Å². The van der Waals surface area contributed by atoms with E-state index < -0.39 is 0 Å². The van der Waals surface area contributed by atoms with Gasteiger partial charge in [-0.05, 0) is 172 Å². The van der Waals surface area contributed by atoms with Gasteiger partial charge in [0, 0.05) is 115 Å². The van der Waals surface area contributed by atoms with Crippen LogP contribution in [0.3, 0.4) is 0 Å². The zero-order valence-corrected chi connectivity index (χ0v) is 49.3. The van der Waals surface area contributed by atoms with Gasteiger partial charge in [-0.1, -0.05) is 127 Å². The van der Waals surface area contributed by atoms with Gasteiger partial charge in [-0.3, -0.25) is 29.9 Å². The maximum Gasteiger partial charge on any atom is 0.0970 e. The Hall–Kier alpha value is -12.7. The summed E-state index contributed by atoms with van der Waals surface area (Å²) in [5.41, 5.74) is 24.8. The highest BCUT2D eigenvalue weighted by molar-refractivity contribution is 6.11. The van der Waals surface area contributed by atoms with Gasteiger partial charge >= 0.3 is 0 Å². The number of pyridine rings is 10. The third-order valence-electron chi connectivity index (χ3n) is 17.3. The van der Waals surface area contributed by atoms with Crippen LogP contribution in [0.4, 0.5) is 0 Å². The monoisotopic (exact) mass is 1170 g/mol. The Bertz CT molecular complexity index is 5860. The highest BCUT2D eigenvalue weighted by Gasteiger charge is 2.15. The minimum atomic E-state index is 0.922. The first kappa shape index (κ1) is 53.6. The molecule has 0 aliphatic rings. The molecule has 92 heavy (non-hydrogen) atoms. The molecule has 10 nitrogen and oxygen atoms in total. The quantitative estimate of drug-likeness (QED) is 0.136. The van der Waals surface area contributed by atoms with Crippen molar-refractivity contribution in [3.63, 3.8) is 0 Å². The van der Waals surface area contributed by atoms with Gasteiger partial charge < -0.3 is 0 Å². The molecular weight excluding hydrogens is 1120 g/mol. The summed E-state index contributed by atoms with van der Waals surface area (Å²) < 4.78 is 0. The van der Waals surface area contributed by atoms with Crippen LogP contribution in [0.5, 0.6) is 0 Å². The fourth-order valence-corrected chi connectivity index (χ4v) is 12.6. The van der Waals surface area contributed by atoms with Crippen molar-refractivity contribution in [3.8, 4) is 89.5 Å². The average Bonchev–Trinajstić information content (AvgIpc) is 0.931. The molecule has 0 aliphatic carbocycles. The second-order valence-corrected chi connectivity index (χ2v) is 22.8. The number of hydrogen-bond acceptors (Lipinski definition) is 10. The van der Waals surface area contributed by atoms with Crippen molar-refractivity contribution in [1.29, 1.82) is 0 Å². The summed E-state index contributed by atoms with van der Waals surface area (Å²) >= 11 is 0. The molecule has 0 spiro atoms. The van der Waals surface area contributed by atoms with E-state index in [4.69, 9.17) is 19.9 Å². The molecule has 0 unspecified atom stereocenters. The van der Waals surface area contributed by atoms with E-state index in [1.54, 1.807) is 24.8 Å². The van der Waals surface area contributed by atoms with Crippen LogP contribution in [-0.2, 0) is 0 Å². The lowest BCUT2D eigenvalue weighted by atomic mass is 9.96. The summed E-state index contributed by atoms with van der Waals surface area (Å²) in [5.74, 6) is 0. The van der Waals surface area contributed by atoms with E-state index in [1.807, 2.05) is 67.3 Å². The van der Waals surface area contributed by atoms with E-state index in [9.17, 15) is 0 Å². The lowest BCUT2D eigenvalue weighted by Crippen LogP contribution is -1.90. The van der Waals surface area contributed by atoms with Crippen molar-refractivity contribution >= 4 is 87.2 Å². The van der Waals surface area contributed by atoms with Crippen LogP contribution in [0.15, 0.2) is 304 Å². The molecule has 0 bridgehead atoms. The van der Waals surface area contributed by atoms with Gasteiger partial charge in [-0.15, -0.1) is 0 Å². The van der Waals surface area contributed by atoms with Gasteiger partial charge in [-0.2, -0.15) is 0 Å².